The fraction of sp³-hybridized carbons (Fsp3) is 0.389. The highest BCUT2D eigenvalue weighted by Gasteiger charge is 2.29. The standard InChI is InChI=1S/C18H22FN3O/c1-2-9-20-17(23)13-22-12-11-21-10-3-4-16(21)18(22)14-5-7-15(19)8-6-14/h3-8,10,18H,2,9,11-13H2,1H3,(H,20,23). The zero-order valence-corrected chi connectivity index (χ0v) is 13.3. The lowest BCUT2D eigenvalue weighted by atomic mass is 10.00. The summed E-state index contributed by atoms with van der Waals surface area (Å²) < 4.78 is 15.5. The molecule has 2 aromatic rings. The summed E-state index contributed by atoms with van der Waals surface area (Å²) in [7, 11) is 0. The van der Waals surface area contributed by atoms with Crippen molar-refractivity contribution in [2.75, 3.05) is 19.6 Å². The Morgan fingerprint density at radius 3 is 2.78 bits per heavy atom. The van der Waals surface area contributed by atoms with E-state index in [0.717, 1.165) is 30.8 Å². The number of rotatable bonds is 5. The Balaban J connectivity index is 1.86. The molecule has 1 aromatic carbocycles. The Morgan fingerprint density at radius 2 is 2.04 bits per heavy atom. The molecule has 1 N–H and O–H groups in total. The number of fused-ring (bicyclic) bond motifs is 1. The first kappa shape index (κ1) is 15.7. The molecule has 0 spiro atoms. The van der Waals surface area contributed by atoms with Crippen LogP contribution in [0.25, 0.3) is 0 Å². The molecule has 1 atom stereocenters. The van der Waals surface area contributed by atoms with Gasteiger partial charge in [0.25, 0.3) is 0 Å². The predicted octanol–water partition coefficient (Wildman–Crippen LogP) is 2.56. The Bertz CT molecular complexity index is 665. The van der Waals surface area contributed by atoms with Crippen LogP contribution in [0, 0.1) is 5.82 Å². The molecule has 0 saturated carbocycles. The van der Waals surface area contributed by atoms with Crippen molar-refractivity contribution in [3.63, 3.8) is 0 Å². The predicted molar refractivity (Wildman–Crippen MR) is 87.5 cm³/mol. The van der Waals surface area contributed by atoms with Crippen molar-refractivity contribution >= 4 is 5.91 Å². The number of amides is 1. The van der Waals surface area contributed by atoms with E-state index in [9.17, 15) is 9.18 Å². The van der Waals surface area contributed by atoms with Crippen LogP contribution < -0.4 is 5.32 Å². The number of halogens is 1. The number of nitrogens with zero attached hydrogens (tertiary/aromatic N) is 2. The van der Waals surface area contributed by atoms with Crippen LogP contribution in [0.4, 0.5) is 4.39 Å². The van der Waals surface area contributed by atoms with Crippen LogP contribution in [0.15, 0.2) is 42.6 Å². The maximum atomic E-state index is 13.3. The number of nitrogens with one attached hydrogen (secondary N) is 1. The Kier molecular flexibility index (Phi) is 4.76. The molecule has 3 rings (SSSR count). The van der Waals surface area contributed by atoms with Gasteiger partial charge in [0.05, 0.1) is 12.6 Å². The first-order valence-electron chi connectivity index (χ1n) is 8.10. The van der Waals surface area contributed by atoms with E-state index >= 15 is 0 Å². The summed E-state index contributed by atoms with van der Waals surface area (Å²) in [5.41, 5.74) is 2.15. The number of carbonyl (C=O) groups excluding carboxylic acids is 1. The zero-order chi connectivity index (χ0) is 16.2. The highest BCUT2D eigenvalue weighted by atomic mass is 19.1. The van der Waals surface area contributed by atoms with Gasteiger partial charge in [-0.05, 0) is 36.2 Å². The summed E-state index contributed by atoms with van der Waals surface area (Å²) in [6.45, 7) is 4.75. The SMILES string of the molecule is CCCNC(=O)CN1CCn2cccc2C1c1ccc(F)cc1. The van der Waals surface area contributed by atoms with Crippen LogP contribution >= 0.6 is 0 Å². The second-order valence-electron chi connectivity index (χ2n) is 5.90. The van der Waals surface area contributed by atoms with Crippen LogP contribution in [0.1, 0.15) is 30.6 Å². The fourth-order valence-electron chi connectivity index (χ4n) is 3.13. The Labute approximate surface area is 135 Å². The van der Waals surface area contributed by atoms with E-state index in [1.54, 1.807) is 12.1 Å². The zero-order valence-electron chi connectivity index (χ0n) is 13.3. The van der Waals surface area contributed by atoms with Gasteiger partial charge in [-0.3, -0.25) is 9.69 Å². The molecule has 122 valence electrons. The Morgan fingerprint density at radius 1 is 1.26 bits per heavy atom. The number of carbonyl (C=O) groups is 1. The molecule has 4 nitrogen and oxygen atoms in total. The van der Waals surface area contributed by atoms with Gasteiger partial charge in [0.2, 0.25) is 5.91 Å². The van der Waals surface area contributed by atoms with Crippen molar-refractivity contribution in [1.29, 1.82) is 0 Å². The minimum atomic E-state index is -0.243. The van der Waals surface area contributed by atoms with Gasteiger partial charge >= 0.3 is 0 Å². The minimum Gasteiger partial charge on any atom is -0.355 e. The summed E-state index contributed by atoms with van der Waals surface area (Å²) in [6.07, 6.45) is 2.98. The lowest BCUT2D eigenvalue weighted by Crippen LogP contribution is -2.44. The van der Waals surface area contributed by atoms with E-state index in [2.05, 4.69) is 27.0 Å². The van der Waals surface area contributed by atoms with E-state index in [1.165, 1.54) is 12.1 Å². The Hall–Kier alpha value is -2.14. The first-order chi connectivity index (χ1) is 11.2. The molecular weight excluding hydrogens is 293 g/mol. The lowest BCUT2D eigenvalue weighted by molar-refractivity contribution is -0.122. The average Bonchev–Trinajstić information content (AvgIpc) is 3.02. The fourth-order valence-corrected chi connectivity index (χ4v) is 3.13. The molecule has 1 aliphatic rings. The van der Waals surface area contributed by atoms with Crippen LogP contribution in [-0.4, -0.2) is 35.0 Å². The van der Waals surface area contributed by atoms with Gasteiger partial charge in [0.1, 0.15) is 5.82 Å². The molecule has 0 fully saturated rings. The summed E-state index contributed by atoms with van der Waals surface area (Å²) in [5.74, 6) is -0.203. The van der Waals surface area contributed by atoms with Gasteiger partial charge in [0.15, 0.2) is 0 Å². The van der Waals surface area contributed by atoms with Gasteiger partial charge in [0, 0.05) is 31.5 Å². The van der Waals surface area contributed by atoms with Gasteiger partial charge in [-0.1, -0.05) is 19.1 Å². The smallest absolute Gasteiger partial charge is 0.234 e. The normalized spacial score (nSPS) is 17.7. The molecule has 1 aromatic heterocycles. The number of hydrogen-bond donors (Lipinski definition) is 1. The maximum Gasteiger partial charge on any atom is 0.234 e. The molecule has 1 amide bonds. The third kappa shape index (κ3) is 3.45. The van der Waals surface area contributed by atoms with Crippen LogP contribution in [-0.2, 0) is 11.3 Å². The van der Waals surface area contributed by atoms with E-state index in [1.807, 2.05) is 13.0 Å². The van der Waals surface area contributed by atoms with Crippen LogP contribution in [0.3, 0.4) is 0 Å². The van der Waals surface area contributed by atoms with Crippen molar-refractivity contribution < 1.29 is 9.18 Å². The minimum absolute atomic E-state index is 0.0215. The first-order valence-corrected chi connectivity index (χ1v) is 8.10. The molecule has 1 aliphatic heterocycles. The average molecular weight is 315 g/mol. The summed E-state index contributed by atoms with van der Waals surface area (Å²) in [5, 5.41) is 2.93. The molecule has 2 heterocycles. The molecule has 0 radical (unpaired) electrons. The van der Waals surface area contributed by atoms with Crippen molar-refractivity contribution in [3.05, 3.63) is 59.7 Å². The molecule has 0 saturated heterocycles. The van der Waals surface area contributed by atoms with E-state index in [0.29, 0.717) is 13.1 Å². The van der Waals surface area contributed by atoms with E-state index in [-0.39, 0.29) is 17.8 Å². The second kappa shape index (κ2) is 6.96. The van der Waals surface area contributed by atoms with Gasteiger partial charge < -0.3 is 9.88 Å². The summed E-state index contributed by atoms with van der Waals surface area (Å²) in [6, 6.07) is 10.6. The van der Waals surface area contributed by atoms with E-state index in [4.69, 9.17) is 0 Å². The van der Waals surface area contributed by atoms with Gasteiger partial charge in [-0.2, -0.15) is 0 Å². The van der Waals surface area contributed by atoms with Crippen molar-refractivity contribution in [2.24, 2.45) is 0 Å². The van der Waals surface area contributed by atoms with E-state index < -0.39 is 0 Å². The highest BCUT2D eigenvalue weighted by Crippen LogP contribution is 2.32. The monoisotopic (exact) mass is 315 g/mol. The molecule has 23 heavy (non-hydrogen) atoms. The summed E-state index contributed by atoms with van der Waals surface area (Å²) >= 11 is 0. The second-order valence-corrected chi connectivity index (χ2v) is 5.90. The van der Waals surface area contributed by atoms with Gasteiger partial charge in [-0.25, -0.2) is 4.39 Å². The van der Waals surface area contributed by atoms with Gasteiger partial charge in [-0.15, -0.1) is 0 Å². The maximum absolute atomic E-state index is 13.3. The molecule has 5 heteroatoms. The molecule has 0 aliphatic carbocycles. The molecular formula is C18H22FN3O. The quantitative estimate of drug-likeness (QED) is 0.921. The summed E-state index contributed by atoms with van der Waals surface area (Å²) in [4.78, 5) is 14.3. The number of aromatic nitrogens is 1. The van der Waals surface area contributed by atoms with Crippen molar-refractivity contribution in [3.8, 4) is 0 Å². The highest BCUT2D eigenvalue weighted by molar-refractivity contribution is 5.78. The van der Waals surface area contributed by atoms with Crippen LogP contribution in [0.2, 0.25) is 0 Å². The van der Waals surface area contributed by atoms with Crippen molar-refractivity contribution in [2.45, 2.75) is 25.9 Å². The molecule has 1 unspecified atom stereocenters. The topological polar surface area (TPSA) is 37.3 Å². The van der Waals surface area contributed by atoms with Crippen molar-refractivity contribution in [1.82, 2.24) is 14.8 Å². The number of hydrogen-bond acceptors (Lipinski definition) is 2. The molecule has 0 bridgehead atoms. The largest absolute Gasteiger partial charge is 0.355 e. The lowest BCUT2D eigenvalue weighted by Gasteiger charge is -2.36. The van der Waals surface area contributed by atoms with Crippen LogP contribution in [0.5, 0.6) is 0 Å². The third-order valence-corrected chi connectivity index (χ3v) is 4.24. The number of benzene rings is 1. The third-order valence-electron chi connectivity index (χ3n) is 4.24.